The molecule has 2 fully saturated rings. The van der Waals surface area contributed by atoms with Crippen molar-refractivity contribution in [2.24, 2.45) is 5.41 Å². The van der Waals surface area contributed by atoms with Gasteiger partial charge in [-0.2, -0.15) is 5.10 Å². The van der Waals surface area contributed by atoms with Crippen molar-refractivity contribution < 1.29 is 19.4 Å². The van der Waals surface area contributed by atoms with Crippen LogP contribution in [-0.2, 0) is 22.4 Å². The molecule has 4 rings (SSSR count). The Labute approximate surface area is 154 Å². The standard InChI is InChI=1S/C19H29N3O4/c1-11-6-15-16(12(2)26-11)21-22(4-5-25-3)17(15)18(24)20-13-7-19(8-13)9-14(23)10-19/h11-14,23H,4-10H2,1-3H3,(H,20,24)/t11-,12+,13?,14?,19?/m0/s1. The van der Waals surface area contributed by atoms with E-state index in [2.05, 4.69) is 10.4 Å². The lowest BCUT2D eigenvalue weighted by Crippen LogP contribution is -2.57. The molecule has 144 valence electrons. The van der Waals surface area contributed by atoms with Crippen LogP contribution in [0.15, 0.2) is 0 Å². The molecule has 2 atom stereocenters. The number of nitrogens with one attached hydrogen (secondary N) is 1. The highest BCUT2D eigenvalue weighted by atomic mass is 16.5. The minimum atomic E-state index is -0.142. The number of hydrogen-bond acceptors (Lipinski definition) is 5. The van der Waals surface area contributed by atoms with Gasteiger partial charge in [0.2, 0.25) is 0 Å². The first kappa shape index (κ1) is 17.9. The van der Waals surface area contributed by atoms with Gasteiger partial charge in [0.25, 0.3) is 5.91 Å². The first-order chi connectivity index (χ1) is 12.4. The minimum Gasteiger partial charge on any atom is -0.393 e. The summed E-state index contributed by atoms with van der Waals surface area (Å²) in [4.78, 5) is 13.1. The van der Waals surface area contributed by atoms with Gasteiger partial charge < -0.3 is 19.9 Å². The van der Waals surface area contributed by atoms with Gasteiger partial charge in [0.05, 0.1) is 37.2 Å². The largest absolute Gasteiger partial charge is 0.393 e. The molecule has 1 aliphatic heterocycles. The molecule has 0 radical (unpaired) electrons. The van der Waals surface area contributed by atoms with Crippen molar-refractivity contribution in [1.29, 1.82) is 0 Å². The van der Waals surface area contributed by atoms with Gasteiger partial charge in [0.15, 0.2) is 0 Å². The average Bonchev–Trinajstić information content (AvgIpc) is 2.88. The van der Waals surface area contributed by atoms with Gasteiger partial charge in [0, 0.05) is 25.1 Å². The highest BCUT2D eigenvalue weighted by Crippen LogP contribution is 2.55. The molecule has 2 N–H and O–H groups in total. The third-order valence-electron chi connectivity index (χ3n) is 6.15. The number of ether oxygens (including phenoxy) is 2. The fourth-order valence-electron chi connectivity index (χ4n) is 5.00. The van der Waals surface area contributed by atoms with E-state index in [1.807, 2.05) is 13.8 Å². The molecular weight excluding hydrogens is 334 g/mol. The number of nitrogens with zero attached hydrogens (tertiary/aromatic N) is 2. The van der Waals surface area contributed by atoms with Crippen molar-refractivity contribution >= 4 is 5.91 Å². The Hall–Kier alpha value is -1.44. The normalized spacial score (nSPS) is 35.5. The summed E-state index contributed by atoms with van der Waals surface area (Å²) in [5.41, 5.74) is 2.83. The molecule has 0 unspecified atom stereocenters. The smallest absolute Gasteiger partial charge is 0.270 e. The van der Waals surface area contributed by atoms with Crippen LogP contribution in [0.2, 0.25) is 0 Å². The van der Waals surface area contributed by atoms with E-state index in [-0.39, 0.29) is 35.7 Å². The average molecular weight is 363 g/mol. The number of hydrogen-bond donors (Lipinski definition) is 2. The van der Waals surface area contributed by atoms with Crippen molar-refractivity contribution in [3.63, 3.8) is 0 Å². The van der Waals surface area contributed by atoms with Crippen LogP contribution in [0, 0.1) is 5.41 Å². The zero-order valence-corrected chi connectivity index (χ0v) is 15.8. The predicted octanol–water partition coefficient (Wildman–Crippen LogP) is 1.58. The molecule has 2 heterocycles. The predicted molar refractivity (Wildman–Crippen MR) is 94.9 cm³/mol. The summed E-state index contributed by atoms with van der Waals surface area (Å²) < 4.78 is 12.8. The van der Waals surface area contributed by atoms with E-state index < -0.39 is 0 Å². The molecule has 0 aromatic carbocycles. The van der Waals surface area contributed by atoms with Gasteiger partial charge in [-0.1, -0.05) is 0 Å². The summed E-state index contributed by atoms with van der Waals surface area (Å²) in [5.74, 6) is -0.0455. The highest BCUT2D eigenvalue weighted by Gasteiger charge is 2.53. The van der Waals surface area contributed by atoms with Crippen LogP contribution in [0.3, 0.4) is 0 Å². The van der Waals surface area contributed by atoms with Crippen LogP contribution in [0.5, 0.6) is 0 Å². The number of aliphatic hydroxyl groups excluding tert-OH is 1. The van der Waals surface area contributed by atoms with Gasteiger partial charge in [-0.3, -0.25) is 9.48 Å². The van der Waals surface area contributed by atoms with E-state index in [9.17, 15) is 9.90 Å². The van der Waals surface area contributed by atoms with Crippen molar-refractivity contribution in [3.8, 4) is 0 Å². The molecule has 3 aliphatic rings. The van der Waals surface area contributed by atoms with E-state index in [4.69, 9.17) is 9.47 Å². The summed E-state index contributed by atoms with van der Waals surface area (Å²) in [5, 5.41) is 17.4. The molecule has 1 aromatic heterocycles. The van der Waals surface area contributed by atoms with Gasteiger partial charge in [-0.05, 0) is 44.9 Å². The topological polar surface area (TPSA) is 85.6 Å². The third kappa shape index (κ3) is 3.06. The maximum Gasteiger partial charge on any atom is 0.270 e. The maximum absolute atomic E-state index is 13.1. The summed E-state index contributed by atoms with van der Waals surface area (Å²) in [6.07, 6.45) is 4.24. The summed E-state index contributed by atoms with van der Waals surface area (Å²) in [7, 11) is 1.65. The molecule has 1 aromatic rings. The van der Waals surface area contributed by atoms with E-state index >= 15 is 0 Å². The molecule has 7 heteroatoms. The Kier molecular flexibility index (Phi) is 4.57. The number of aliphatic hydroxyl groups is 1. The fourth-order valence-corrected chi connectivity index (χ4v) is 5.00. The minimum absolute atomic E-state index is 0.0455. The van der Waals surface area contributed by atoms with Gasteiger partial charge in [-0.25, -0.2) is 0 Å². The molecule has 2 aliphatic carbocycles. The van der Waals surface area contributed by atoms with Crippen LogP contribution < -0.4 is 5.32 Å². The van der Waals surface area contributed by atoms with Crippen LogP contribution in [0.25, 0.3) is 0 Å². The number of fused-ring (bicyclic) bond motifs is 1. The third-order valence-corrected chi connectivity index (χ3v) is 6.15. The number of carbonyl (C=O) groups excluding carboxylic acids is 1. The lowest BCUT2D eigenvalue weighted by atomic mass is 9.53. The zero-order chi connectivity index (χ0) is 18.5. The second kappa shape index (κ2) is 6.62. The monoisotopic (exact) mass is 363 g/mol. The van der Waals surface area contributed by atoms with Crippen LogP contribution in [0.4, 0.5) is 0 Å². The number of aromatic nitrogens is 2. The summed E-state index contributed by atoms with van der Waals surface area (Å²) in [6.45, 7) is 5.08. The quantitative estimate of drug-likeness (QED) is 0.830. The highest BCUT2D eigenvalue weighted by molar-refractivity contribution is 5.94. The van der Waals surface area contributed by atoms with E-state index in [0.717, 1.165) is 36.9 Å². The number of carbonyl (C=O) groups is 1. The van der Waals surface area contributed by atoms with E-state index in [1.165, 1.54) is 0 Å². The first-order valence-electron chi connectivity index (χ1n) is 9.64. The van der Waals surface area contributed by atoms with Crippen LogP contribution >= 0.6 is 0 Å². The van der Waals surface area contributed by atoms with Crippen molar-refractivity contribution in [2.75, 3.05) is 13.7 Å². The van der Waals surface area contributed by atoms with Crippen molar-refractivity contribution in [1.82, 2.24) is 15.1 Å². The Balaban J connectivity index is 1.51. The maximum atomic E-state index is 13.1. The molecule has 1 spiro atoms. The number of rotatable bonds is 5. The zero-order valence-electron chi connectivity index (χ0n) is 15.8. The Morgan fingerprint density at radius 1 is 1.38 bits per heavy atom. The second-order valence-electron chi connectivity index (χ2n) is 8.36. The van der Waals surface area contributed by atoms with Crippen LogP contribution in [0.1, 0.15) is 67.4 Å². The lowest BCUT2D eigenvalue weighted by Gasteiger charge is -2.56. The molecular formula is C19H29N3O4. The van der Waals surface area contributed by atoms with Crippen LogP contribution in [-0.4, -0.2) is 52.8 Å². The first-order valence-corrected chi connectivity index (χ1v) is 9.64. The van der Waals surface area contributed by atoms with Gasteiger partial charge >= 0.3 is 0 Å². The fraction of sp³-hybridized carbons (Fsp3) is 0.789. The molecule has 1 amide bonds. The molecule has 2 saturated carbocycles. The van der Waals surface area contributed by atoms with E-state index in [1.54, 1.807) is 11.8 Å². The number of amides is 1. The molecule has 7 nitrogen and oxygen atoms in total. The SMILES string of the molecule is COCCn1nc2c(c1C(=O)NC1CC3(CC(O)C3)C1)C[C@H](C)O[C@@H]2C. The Bertz CT molecular complexity index is 687. The van der Waals surface area contributed by atoms with Crippen molar-refractivity contribution in [2.45, 2.75) is 76.9 Å². The summed E-state index contributed by atoms with van der Waals surface area (Å²) >= 11 is 0. The molecule has 26 heavy (non-hydrogen) atoms. The second-order valence-corrected chi connectivity index (χ2v) is 8.36. The molecule has 0 bridgehead atoms. The van der Waals surface area contributed by atoms with Gasteiger partial charge in [-0.15, -0.1) is 0 Å². The van der Waals surface area contributed by atoms with E-state index in [0.29, 0.717) is 25.3 Å². The Morgan fingerprint density at radius 3 is 2.77 bits per heavy atom. The summed E-state index contributed by atoms with van der Waals surface area (Å²) in [6, 6.07) is 0.200. The lowest BCUT2D eigenvalue weighted by molar-refractivity contribution is -0.0950. The van der Waals surface area contributed by atoms with Gasteiger partial charge in [0.1, 0.15) is 5.69 Å². The Morgan fingerprint density at radius 2 is 2.12 bits per heavy atom. The van der Waals surface area contributed by atoms with Crippen molar-refractivity contribution in [3.05, 3.63) is 17.0 Å². The number of methoxy groups -OCH3 is 1. The molecule has 0 saturated heterocycles.